The number of hydrogen-bond donors (Lipinski definition) is 1. The van der Waals surface area contributed by atoms with Crippen LogP contribution in [0, 0.1) is 12.8 Å². The molecule has 0 aliphatic carbocycles. The van der Waals surface area contributed by atoms with Gasteiger partial charge in [-0.1, -0.05) is 12.1 Å². The van der Waals surface area contributed by atoms with E-state index < -0.39 is 19.9 Å². The standard InChI is InChI=1S/C21H25N5O5S2/c1-14-11-19(26(23-14)16-8-10-32(28,29)13-16)22-21(27)15-5-4-9-25(12-15)20-17-6-2-3-7-18(17)33(30,31)24-20/h2-3,6-7,11,15-16H,4-5,8-10,12-13H2,1H3,(H,22,27). The highest BCUT2D eigenvalue weighted by Crippen LogP contribution is 2.31. The van der Waals surface area contributed by atoms with Crippen LogP contribution in [0.25, 0.3) is 0 Å². The van der Waals surface area contributed by atoms with E-state index in [2.05, 4.69) is 14.8 Å². The van der Waals surface area contributed by atoms with Gasteiger partial charge in [0.15, 0.2) is 15.7 Å². The predicted molar refractivity (Wildman–Crippen MR) is 122 cm³/mol. The van der Waals surface area contributed by atoms with Crippen LogP contribution in [-0.4, -0.2) is 67.9 Å². The van der Waals surface area contributed by atoms with E-state index in [0.29, 0.717) is 48.8 Å². The maximum absolute atomic E-state index is 13.1. The number of nitrogens with zero attached hydrogens (tertiary/aromatic N) is 4. The van der Waals surface area contributed by atoms with Gasteiger partial charge in [-0.05, 0) is 38.3 Å². The Bertz CT molecular complexity index is 1360. The fraction of sp³-hybridized carbons (Fsp3) is 0.476. The van der Waals surface area contributed by atoms with Crippen LogP contribution >= 0.6 is 0 Å². The van der Waals surface area contributed by atoms with E-state index in [1.54, 1.807) is 41.9 Å². The summed E-state index contributed by atoms with van der Waals surface area (Å²) in [6.07, 6.45) is 1.85. The minimum absolute atomic E-state index is 0.0158. The number of sulfone groups is 1. The van der Waals surface area contributed by atoms with Gasteiger partial charge in [-0.3, -0.25) is 4.79 Å². The highest BCUT2D eigenvalue weighted by molar-refractivity contribution is 7.91. The largest absolute Gasteiger partial charge is 0.355 e. The van der Waals surface area contributed by atoms with Crippen LogP contribution in [-0.2, 0) is 24.7 Å². The van der Waals surface area contributed by atoms with Crippen molar-refractivity contribution >= 4 is 37.4 Å². The first-order valence-corrected chi connectivity index (χ1v) is 14.2. The van der Waals surface area contributed by atoms with Crippen LogP contribution in [0.3, 0.4) is 0 Å². The minimum atomic E-state index is -3.73. The van der Waals surface area contributed by atoms with Crippen molar-refractivity contribution in [3.63, 3.8) is 0 Å². The van der Waals surface area contributed by atoms with Crippen molar-refractivity contribution in [1.29, 1.82) is 0 Å². The molecule has 3 aliphatic rings. The summed E-state index contributed by atoms with van der Waals surface area (Å²) in [5.41, 5.74) is 1.26. The number of aromatic nitrogens is 2. The zero-order valence-corrected chi connectivity index (χ0v) is 19.8. The Morgan fingerprint density at radius 2 is 1.94 bits per heavy atom. The van der Waals surface area contributed by atoms with Gasteiger partial charge in [-0.25, -0.2) is 13.1 Å². The number of hydrogen-bond acceptors (Lipinski definition) is 7. The van der Waals surface area contributed by atoms with Crippen molar-refractivity contribution in [2.24, 2.45) is 10.3 Å². The first kappa shape index (κ1) is 22.1. The monoisotopic (exact) mass is 491 g/mol. The van der Waals surface area contributed by atoms with Gasteiger partial charge in [0, 0.05) is 24.7 Å². The van der Waals surface area contributed by atoms with Gasteiger partial charge in [0.05, 0.1) is 29.2 Å². The Hall–Kier alpha value is -2.73. The van der Waals surface area contributed by atoms with E-state index in [0.717, 1.165) is 6.42 Å². The lowest BCUT2D eigenvalue weighted by Crippen LogP contribution is -2.44. The molecule has 5 rings (SSSR count). The lowest BCUT2D eigenvalue weighted by atomic mass is 9.96. The van der Waals surface area contributed by atoms with Crippen LogP contribution in [0.5, 0.6) is 0 Å². The summed E-state index contributed by atoms with van der Waals surface area (Å²) >= 11 is 0. The molecule has 10 nitrogen and oxygen atoms in total. The van der Waals surface area contributed by atoms with Gasteiger partial charge in [0.25, 0.3) is 10.0 Å². The SMILES string of the molecule is Cc1cc(NC(=O)C2CCCN(C3=NS(=O)(=O)c4ccccc43)C2)n(C2CCS(=O)(=O)C2)n1. The number of amides is 1. The van der Waals surface area contributed by atoms with Gasteiger partial charge >= 0.3 is 0 Å². The van der Waals surface area contributed by atoms with Gasteiger partial charge in [-0.2, -0.15) is 13.5 Å². The van der Waals surface area contributed by atoms with E-state index >= 15 is 0 Å². The van der Waals surface area contributed by atoms with Crippen molar-refractivity contribution < 1.29 is 21.6 Å². The number of piperidine rings is 1. The number of carbonyl (C=O) groups excluding carboxylic acids is 1. The number of aryl methyl sites for hydroxylation is 1. The molecule has 0 bridgehead atoms. The molecule has 1 aromatic heterocycles. The van der Waals surface area contributed by atoms with Crippen molar-refractivity contribution in [3.05, 3.63) is 41.6 Å². The van der Waals surface area contributed by atoms with E-state index in [-0.39, 0.29) is 34.3 Å². The molecule has 2 atom stereocenters. The molecule has 2 fully saturated rings. The number of sulfonamides is 1. The molecule has 0 saturated carbocycles. The third-order valence-electron chi connectivity index (χ3n) is 6.37. The van der Waals surface area contributed by atoms with Gasteiger partial charge in [-0.15, -0.1) is 4.40 Å². The molecule has 33 heavy (non-hydrogen) atoms. The highest BCUT2D eigenvalue weighted by Gasteiger charge is 2.36. The number of benzene rings is 1. The molecule has 2 aromatic rings. The van der Waals surface area contributed by atoms with Crippen molar-refractivity contribution in [3.8, 4) is 0 Å². The lowest BCUT2D eigenvalue weighted by molar-refractivity contribution is -0.121. The van der Waals surface area contributed by atoms with Gasteiger partial charge in [0.2, 0.25) is 5.91 Å². The number of nitrogens with one attached hydrogen (secondary N) is 1. The fourth-order valence-corrected chi connectivity index (χ4v) is 7.70. The van der Waals surface area contributed by atoms with E-state index in [1.807, 2.05) is 4.90 Å². The quantitative estimate of drug-likeness (QED) is 0.686. The molecule has 2 unspecified atom stereocenters. The second-order valence-corrected chi connectivity index (χ2v) is 12.6. The molecule has 1 N–H and O–H groups in total. The summed E-state index contributed by atoms with van der Waals surface area (Å²) in [7, 11) is -6.82. The average Bonchev–Trinajstić information content (AvgIpc) is 3.41. The smallest absolute Gasteiger partial charge is 0.285 e. The zero-order valence-electron chi connectivity index (χ0n) is 18.1. The fourth-order valence-electron chi connectivity index (χ4n) is 4.79. The summed E-state index contributed by atoms with van der Waals surface area (Å²) < 4.78 is 54.3. The van der Waals surface area contributed by atoms with E-state index in [1.165, 1.54) is 0 Å². The normalized spacial score (nSPS) is 25.5. The first-order valence-electron chi connectivity index (χ1n) is 10.9. The molecule has 12 heteroatoms. The van der Waals surface area contributed by atoms with Crippen LogP contribution in [0.15, 0.2) is 39.6 Å². The predicted octanol–water partition coefficient (Wildman–Crippen LogP) is 1.35. The molecule has 1 aromatic carbocycles. The van der Waals surface area contributed by atoms with Crippen LogP contribution in [0.2, 0.25) is 0 Å². The number of rotatable bonds is 3. The molecule has 2 saturated heterocycles. The van der Waals surface area contributed by atoms with Crippen LogP contribution in [0.1, 0.15) is 36.6 Å². The molecule has 0 radical (unpaired) electrons. The molecule has 3 aliphatic heterocycles. The summed E-state index contributed by atoms with van der Waals surface area (Å²) in [5, 5.41) is 7.35. The minimum Gasteiger partial charge on any atom is -0.355 e. The molecular formula is C21H25N5O5S2. The zero-order chi connectivity index (χ0) is 23.4. The summed E-state index contributed by atoms with van der Waals surface area (Å²) in [6, 6.07) is 8.17. The van der Waals surface area contributed by atoms with Crippen LogP contribution in [0.4, 0.5) is 5.82 Å². The van der Waals surface area contributed by atoms with E-state index in [4.69, 9.17) is 0 Å². The molecule has 4 heterocycles. The summed E-state index contributed by atoms with van der Waals surface area (Å²) in [4.78, 5) is 15.2. The summed E-state index contributed by atoms with van der Waals surface area (Å²) in [6.45, 7) is 2.76. The molecule has 176 valence electrons. The number of likely N-dealkylation sites (tertiary alicyclic amines) is 1. The lowest BCUT2D eigenvalue weighted by Gasteiger charge is -2.33. The molecule has 1 amide bonds. The Morgan fingerprint density at radius 3 is 2.70 bits per heavy atom. The third-order valence-corrected chi connectivity index (χ3v) is 9.44. The number of fused-ring (bicyclic) bond motifs is 1. The Labute approximate surface area is 192 Å². The number of amidine groups is 1. The maximum Gasteiger partial charge on any atom is 0.285 e. The molecule has 0 spiro atoms. The van der Waals surface area contributed by atoms with Crippen molar-refractivity contribution in [1.82, 2.24) is 14.7 Å². The number of anilines is 1. The van der Waals surface area contributed by atoms with Crippen molar-refractivity contribution in [2.45, 2.75) is 37.1 Å². The Morgan fingerprint density at radius 1 is 1.15 bits per heavy atom. The second kappa shape index (κ2) is 7.94. The Balaban J connectivity index is 1.33. The third kappa shape index (κ3) is 4.17. The molecular weight excluding hydrogens is 466 g/mol. The Kier molecular flexibility index (Phi) is 5.31. The maximum atomic E-state index is 13.1. The summed E-state index contributed by atoms with van der Waals surface area (Å²) in [5.74, 6) is 0.447. The van der Waals surface area contributed by atoms with Crippen molar-refractivity contribution in [2.75, 3.05) is 29.9 Å². The first-order chi connectivity index (χ1) is 15.6. The van der Waals surface area contributed by atoms with Crippen LogP contribution < -0.4 is 5.32 Å². The average molecular weight is 492 g/mol. The van der Waals surface area contributed by atoms with E-state index in [9.17, 15) is 21.6 Å². The number of carbonyl (C=O) groups is 1. The van der Waals surface area contributed by atoms with Gasteiger partial charge < -0.3 is 10.2 Å². The highest BCUT2D eigenvalue weighted by atomic mass is 32.2. The topological polar surface area (TPSA) is 131 Å². The second-order valence-electron chi connectivity index (χ2n) is 8.83. The van der Waals surface area contributed by atoms with Gasteiger partial charge in [0.1, 0.15) is 10.7 Å².